The summed E-state index contributed by atoms with van der Waals surface area (Å²) in [5.41, 5.74) is 8.98. The largest absolute Gasteiger partial charge is 0.399 e. The van der Waals surface area contributed by atoms with Crippen molar-refractivity contribution in [1.29, 1.82) is 0 Å². The number of halogens is 1. The van der Waals surface area contributed by atoms with Crippen molar-refractivity contribution >= 4 is 23.2 Å². The quantitative estimate of drug-likeness (QED) is 0.879. The van der Waals surface area contributed by atoms with E-state index in [0.29, 0.717) is 22.8 Å². The average molecular weight is 289 g/mol. The second-order valence-electron chi connectivity index (χ2n) is 4.87. The van der Waals surface area contributed by atoms with Crippen LogP contribution in [0.25, 0.3) is 0 Å². The molecule has 20 heavy (non-hydrogen) atoms. The van der Waals surface area contributed by atoms with Gasteiger partial charge < -0.3 is 10.6 Å². The smallest absolute Gasteiger partial charge is 0.253 e. The van der Waals surface area contributed by atoms with Crippen LogP contribution in [0, 0.1) is 6.92 Å². The summed E-state index contributed by atoms with van der Waals surface area (Å²) in [6.07, 6.45) is 0. The van der Waals surface area contributed by atoms with Crippen molar-refractivity contribution in [3.8, 4) is 0 Å². The Morgan fingerprint density at radius 3 is 2.65 bits per heavy atom. The van der Waals surface area contributed by atoms with E-state index >= 15 is 0 Å². The maximum Gasteiger partial charge on any atom is 0.253 e. The molecule has 0 unspecified atom stereocenters. The minimum Gasteiger partial charge on any atom is -0.399 e. The third-order valence-corrected chi connectivity index (χ3v) is 3.55. The molecule has 3 nitrogen and oxygen atoms in total. The lowest BCUT2D eigenvalue weighted by atomic mass is 10.1. The maximum absolute atomic E-state index is 12.3. The fraction of sp³-hybridized carbons (Fsp3) is 0.188. The molecule has 2 aromatic rings. The van der Waals surface area contributed by atoms with Crippen LogP contribution in [0.15, 0.2) is 42.5 Å². The summed E-state index contributed by atoms with van der Waals surface area (Å²) in [4.78, 5) is 14.0. The first-order valence-corrected chi connectivity index (χ1v) is 6.71. The Kier molecular flexibility index (Phi) is 4.30. The lowest BCUT2D eigenvalue weighted by Gasteiger charge is -2.18. The van der Waals surface area contributed by atoms with Crippen molar-refractivity contribution in [2.45, 2.75) is 13.5 Å². The van der Waals surface area contributed by atoms with Crippen LogP contribution in [0.2, 0.25) is 5.02 Å². The van der Waals surface area contributed by atoms with Gasteiger partial charge in [-0.2, -0.15) is 0 Å². The molecule has 0 fully saturated rings. The van der Waals surface area contributed by atoms with E-state index < -0.39 is 0 Å². The van der Waals surface area contributed by atoms with Crippen molar-refractivity contribution in [2.75, 3.05) is 12.8 Å². The van der Waals surface area contributed by atoms with Gasteiger partial charge in [-0.25, -0.2) is 0 Å². The minimum atomic E-state index is -0.0350. The van der Waals surface area contributed by atoms with Gasteiger partial charge in [-0.1, -0.05) is 23.7 Å². The summed E-state index contributed by atoms with van der Waals surface area (Å²) in [6, 6.07) is 12.8. The molecule has 0 aliphatic heterocycles. The Morgan fingerprint density at radius 1 is 1.25 bits per heavy atom. The first kappa shape index (κ1) is 14.4. The fourth-order valence-corrected chi connectivity index (χ4v) is 2.15. The molecule has 0 aliphatic rings. The number of nitrogens with two attached hydrogens (primary N) is 1. The highest BCUT2D eigenvalue weighted by atomic mass is 35.5. The lowest BCUT2D eigenvalue weighted by molar-refractivity contribution is 0.0785. The number of nitrogens with zero attached hydrogens (tertiary/aromatic N) is 1. The topological polar surface area (TPSA) is 46.3 Å². The van der Waals surface area contributed by atoms with E-state index in [1.807, 2.05) is 31.2 Å². The zero-order valence-corrected chi connectivity index (χ0v) is 12.3. The molecule has 0 spiro atoms. The van der Waals surface area contributed by atoms with Gasteiger partial charge in [-0.15, -0.1) is 0 Å². The Balaban J connectivity index is 2.14. The Hall–Kier alpha value is -2.00. The molecule has 0 radical (unpaired) electrons. The highest BCUT2D eigenvalue weighted by Gasteiger charge is 2.13. The van der Waals surface area contributed by atoms with Gasteiger partial charge in [0.05, 0.1) is 0 Å². The van der Waals surface area contributed by atoms with Crippen LogP contribution in [0.3, 0.4) is 0 Å². The summed E-state index contributed by atoms with van der Waals surface area (Å²) in [5, 5.41) is 0.667. The van der Waals surface area contributed by atoms with E-state index in [1.54, 1.807) is 30.1 Å². The molecule has 1 amide bonds. The Bertz CT molecular complexity index is 640. The molecular formula is C16H17ClN2O. The number of anilines is 1. The molecule has 2 aromatic carbocycles. The third kappa shape index (κ3) is 3.31. The van der Waals surface area contributed by atoms with E-state index in [4.69, 9.17) is 17.3 Å². The van der Waals surface area contributed by atoms with Gasteiger partial charge in [-0.05, 0) is 48.4 Å². The molecule has 0 bridgehead atoms. The van der Waals surface area contributed by atoms with Gasteiger partial charge in [0.15, 0.2) is 0 Å². The Labute approximate surface area is 124 Å². The average Bonchev–Trinajstić information content (AvgIpc) is 2.41. The van der Waals surface area contributed by atoms with Gasteiger partial charge in [-0.3, -0.25) is 4.79 Å². The fourth-order valence-electron chi connectivity index (χ4n) is 2.04. The summed E-state index contributed by atoms with van der Waals surface area (Å²) < 4.78 is 0. The number of carbonyl (C=O) groups excluding carboxylic acids is 1. The molecule has 2 rings (SSSR count). The Morgan fingerprint density at radius 2 is 2.00 bits per heavy atom. The predicted molar refractivity (Wildman–Crippen MR) is 82.8 cm³/mol. The number of aryl methyl sites for hydroxylation is 1. The zero-order chi connectivity index (χ0) is 14.7. The lowest BCUT2D eigenvalue weighted by Crippen LogP contribution is -2.26. The van der Waals surface area contributed by atoms with Crippen molar-refractivity contribution in [3.05, 3.63) is 64.2 Å². The van der Waals surface area contributed by atoms with Crippen LogP contribution in [0.1, 0.15) is 21.5 Å². The van der Waals surface area contributed by atoms with Crippen molar-refractivity contribution in [1.82, 2.24) is 4.90 Å². The second kappa shape index (κ2) is 5.97. The number of hydrogen-bond acceptors (Lipinski definition) is 2. The third-order valence-electron chi connectivity index (χ3n) is 3.12. The van der Waals surface area contributed by atoms with Gasteiger partial charge >= 0.3 is 0 Å². The van der Waals surface area contributed by atoms with Gasteiger partial charge in [0.25, 0.3) is 5.91 Å². The van der Waals surface area contributed by atoms with Crippen LogP contribution in [0.4, 0.5) is 5.69 Å². The van der Waals surface area contributed by atoms with Crippen LogP contribution < -0.4 is 5.73 Å². The zero-order valence-electron chi connectivity index (χ0n) is 11.6. The van der Waals surface area contributed by atoms with Crippen LogP contribution in [0.5, 0.6) is 0 Å². The van der Waals surface area contributed by atoms with Crippen LogP contribution >= 0.6 is 11.6 Å². The monoisotopic (exact) mass is 288 g/mol. The van der Waals surface area contributed by atoms with E-state index in [1.165, 1.54) is 0 Å². The first-order valence-electron chi connectivity index (χ1n) is 6.33. The molecule has 0 aliphatic carbocycles. The summed E-state index contributed by atoms with van der Waals surface area (Å²) in [6.45, 7) is 2.41. The van der Waals surface area contributed by atoms with Gasteiger partial charge in [0.1, 0.15) is 0 Å². The van der Waals surface area contributed by atoms with Gasteiger partial charge in [0, 0.05) is 29.9 Å². The molecule has 0 heterocycles. The van der Waals surface area contributed by atoms with Crippen LogP contribution in [-0.2, 0) is 6.54 Å². The molecule has 0 atom stereocenters. The summed E-state index contributed by atoms with van der Waals surface area (Å²) in [5.74, 6) is -0.0350. The standard InChI is InChI=1S/C16H17ClN2O/c1-11-8-13(6-7-15(11)17)16(20)19(2)10-12-4-3-5-14(18)9-12/h3-9H,10,18H2,1-2H3. The van der Waals surface area contributed by atoms with E-state index in [-0.39, 0.29) is 5.91 Å². The summed E-state index contributed by atoms with van der Waals surface area (Å²) in [7, 11) is 1.77. The highest BCUT2D eigenvalue weighted by Crippen LogP contribution is 2.18. The number of rotatable bonds is 3. The van der Waals surface area contributed by atoms with Crippen molar-refractivity contribution < 1.29 is 4.79 Å². The number of carbonyl (C=O) groups is 1. The highest BCUT2D eigenvalue weighted by molar-refractivity contribution is 6.31. The predicted octanol–water partition coefficient (Wildman–Crippen LogP) is 3.50. The number of benzene rings is 2. The second-order valence-corrected chi connectivity index (χ2v) is 5.28. The number of amides is 1. The van der Waals surface area contributed by atoms with E-state index in [2.05, 4.69) is 0 Å². The molecule has 0 saturated heterocycles. The number of hydrogen-bond donors (Lipinski definition) is 1. The van der Waals surface area contributed by atoms with Crippen molar-refractivity contribution in [2.24, 2.45) is 0 Å². The molecule has 0 saturated carbocycles. The van der Waals surface area contributed by atoms with Crippen LogP contribution in [-0.4, -0.2) is 17.9 Å². The van der Waals surface area contributed by atoms with Gasteiger partial charge in [0.2, 0.25) is 0 Å². The molecular weight excluding hydrogens is 272 g/mol. The van der Waals surface area contributed by atoms with E-state index in [9.17, 15) is 4.79 Å². The molecule has 0 aromatic heterocycles. The molecule has 104 valence electrons. The van der Waals surface area contributed by atoms with Crippen molar-refractivity contribution in [3.63, 3.8) is 0 Å². The summed E-state index contributed by atoms with van der Waals surface area (Å²) >= 11 is 5.97. The normalized spacial score (nSPS) is 10.3. The SMILES string of the molecule is Cc1cc(C(=O)N(C)Cc2cccc(N)c2)ccc1Cl. The molecule has 4 heteroatoms. The maximum atomic E-state index is 12.3. The number of nitrogen functional groups attached to an aromatic ring is 1. The first-order chi connectivity index (χ1) is 9.47. The minimum absolute atomic E-state index is 0.0350. The van der Waals surface area contributed by atoms with E-state index in [0.717, 1.165) is 11.1 Å². The molecule has 2 N–H and O–H groups in total.